The summed E-state index contributed by atoms with van der Waals surface area (Å²) in [5, 5.41) is 0.794. The maximum absolute atomic E-state index is 12.3. The lowest BCUT2D eigenvalue weighted by Gasteiger charge is -2.12. The van der Waals surface area contributed by atoms with Crippen LogP contribution in [-0.4, -0.2) is 31.9 Å². The number of fused-ring (bicyclic) bond motifs is 1. The van der Waals surface area contributed by atoms with Gasteiger partial charge in [0.2, 0.25) is 0 Å². The van der Waals surface area contributed by atoms with Crippen LogP contribution in [0.15, 0.2) is 30.5 Å². The van der Waals surface area contributed by atoms with Crippen LogP contribution in [0.3, 0.4) is 0 Å². The second-order valence-corrected chi connectivity index (χ2v) is 7.51. The number of aromatic nitrogens is 1. The molecule has 1 fully saturated rings. The molecule has 1 atom stereocenters. The maximum Gasteiger partial charge on any atom is 0.157 e. The van der Waals surface area contributed by atoms with Gasteiger partial charge in [0.15, 0.2) is 9.84 Å². The van der Waals surface area contributed by atoms with Crippen LogP contribution in [0.5, 0.6) is 0 Å². The normalized spacial score (nSPS) is 19.1. The number of anilines is 1. The molecule has 21 heavy (non-hydrogen) atoms. The summed E-state index contributed by atoms with van der Waals surface area (Å²) in [6.45, 7) is 0.659. The Kier molecular flexibility index (Phi) is 3.82. The van der Waals surface area contributed by atoms with Crippen molar-refractivity contribution in [2.45, 2.75) is 24.7 Å². The predicted octanol–water partition coefficient (Wildman–Crippen LogP) is 1.91. The number of nitrogens with zero attached hydrogens (tertiary/aromatic N) is 1. The summed E-state index contributed by atoms with van der Waals surface area (Å²) in [7, 11) is -3.23. The molecule has 3 rings (SSSR count). The first-order valence-corrected chi connectivity index (χ1v) is 8.81. The van der Waals surface area contributed by atoms with Crippen LogP contribution in [-0.2, 0) is 20.3 Å². The molecule has 0 radical (unpaired) electrons. The van der Waals surface area contributed by atoms with Gasteiger partial charge in [-0.1, -0.05) is 6.07 Å². The topological polar surface area (TPSA) is 82.3 Å². The van der Waals surface area contributed by atoms with Crippen molar-refractivity contribution in [1.29, 1.82) is 0 Å². The van der Waals surface area contributed by atoms with Gasteiger partial charge >= 0.3 is 0 Å². The number of nitrogens with two attached hydrogens (primary N) is 1. The lowest BCUT2D eigenvalue weighted by atomic mass is 10.1. The van der Waals surface area contributed by atoms with Gasteiger partial charge in [0, 0.05) is 23.9 Å². The van der Waals surface area contributed by atoms with E-state index in [4.69, 9.17) is 10.5 Å². The third-order valence-electron chi connectivity index (χ3n) is 3.73. The number of sulfone groups is 1. The number of benzene rings is 1. The summed E-state index contributed by atoms with van der Waals surface area (Å²) in [5.74, 6) is 0.0480. The van der Waals surface area contributed by atoms with E-state index in [1.54, 1.807) is 24.4 Å². The third kappa shape index (κ3) is 3.16. The minimum atomic E-state index is -3.23. The highest BCUT2D eigenvalue weighted by atomic mass is 32.2. The van der Waals surface area contributed by atoms with Gasteiger partial charge in [-0.15, -0.1) is 0 Å². The average Bonchev–Trinajstić information content (AvgIpc) is 2.94. The number of pyridine rings is 1. The summed E-state index contributed by atoms with van der Waals surface area (Å²) in [4.78, 5) is 4.28. The van der Waals surface area contributed by atoms with Gasteiger partial charge in [0.1, 0.15) is 0 Å². The van der Waals surface area contributed by atoms with E-state index in [1.807, 2.05) is 6.07 Å². The molecule has 2 aromatic rings. The van der Waals surface area contributed by atoms with Crippen molar-refractivity contribution < 1.29 is 13.2 Å². The molecule has 1 unspecified atom stereocenters. The number of hydrogen-bond donors (Lipinski definition) is 1. The van der Waals surface area contributed by atoms with Crippen molar-refractivity contribution in [2.75, 3.05) is 18.1 Å². The van der Waals surface area contributed by atoms with Crippen LogP contribution in [0.25, 0.3) is 10.9 Å². The van der Waals surface area contributed by atoms with Crippen molar-refractivity contribution in [1.82, 2.24) is 4.98 Å². The molecular formula is C15H18N2O3S. The summed E-state index contributed by atoms with van der Waals surface area (Å²) in [5.41, 5.74) is 7.87. The van der Waals surface area contributed by atoms with Crippen molar-refractivity contribution in [3.05, 3.63) is 36.0 Å². The Morgan fingerprint density at radius 1 is 1.33 bits per heavy atom. The molecule has 0 aliphatic carbocycles. The molecule has 112 valence electrons. The highest BCUT2D eigenvalue weighted by Crippen LogP contribution is 2.25. The zero-order chi connectivity index (χ0) is 14.9. The van der Waals surface area contributed by atoms with Gasteiger partial charge < -0.3 is 10.5 Å². The Balaban J connectivity index is 1.89. The highest BCUT2D eigenvalue weighted by molar-refractivity contribution is 7.90. The predicted molar refractivity (Wildman–Crippen MR) is 82.6 cm³/mol. The van der Waals surface area contributed by atoms with E-state index in [0.717, 1.165) is 18.2 Å². The zero-order valence-corrected chi connectivity index (χ0v) is 12.5. The molecule has 1 aliphatic heterocycles. The molecular weight excluding hydrogens is 288 g/mol. The monoisotopic (exact) mass is 306 g/mol. The SMILES string of the molecule is Nc1ccc(CS(=O)(=O)CC2CCCO2)c2ncccc12. The van der Waals surface area contributed by atoms with Gasteiger partial charge in [-0.25, -0.2) is 8.42 Å². The molecule has 0 spiro atoms. The molecule has 1 aromatic heterocycles. The summed E-state index contributed by atoms with van der Waals surface area (Å²) in [6.07, 6.45) is 3.24. The molecule has 1 aromatic carbocycles. The van der Waals surface area contributed by atoms with Crippen LogP contribution < -0.4 is 5.73 Å². The van der Waals surface area contributed by atoms with Crippen LogP contribution in [0.4, 0.5) is 5.69 Å². The fourth-order valence-corrected chi connectivity index (χ4v) is 4.38. The van der Waals surface area contributed by atoms with E-state index >= 15 is 0 Å². The van der Waals surface area contributed by atoms with Crippen molar-refractivity contribution >= 4 is 26.4 Å². The van der Waals surface area contributed by atoms with Crippen molar-refractivity contribution in [2.24, 2.45) is 0 Å². The standard InChI is InChI=1S/C15H18N2O3S/c16-14-6-5-11(15-13(14)4-1-7-17-15)9-21(18,19)10-12-3-2-8-20-12/h1,4-7,12H,2-3,8-10,16H2. The fraction of sp³-hybridized carbons (Fsp3) is 0.400. The molecule has 2 heterocycles. The Morgan fingerprint density at radius 2 is 2.19 bits per heavy atom. The second-order valence-electron chi connectivity index (χ2n) is 5.40. The van der Waals surface area contributed by atoms with E-state index in [0.29, 0.717) is 23.4 Å². The molecule has 0 amide bonds. The first kappa shape index (κ1) is 14.3. The van der Waals surface area contributed by atoms with E-state index in [1.165, 1.54) is 0 Å². The first-order valence-electron chi connectivity index (χ1n) is 6.99. The molecule has 2 N–H and O–H groups in total. The molecule has 0 saturated carbocycles. The van der Waals surface area contributed by atoms with Gasteiger partial charge in [0.05, 0.1) is 23.1 Å². The lowest BCUT2D eigenvalue weighted by molar-refractivity contribution is 0.127. The first-order chi connectivity index (χ1) is 10.1. The minimum absolute atomic E-state index is 0.0271. The van der Waals surface area contributed by atoms with Crippen LogP contribution >= 0.6 is 0 Å². The second kappa shape index (κ2) is 5.61. The van der Waals surface area contributed by atoms with E-state index in [2.05, 4.69) is 4.98 Å². The average molecular weight is 306 g/mol. The van der Waals surface area contributed by atoms with E-state index < -0.39 is 9.84 Å². The van der Waals surface area contributed by atoms with Gasteiger partial charge in [-0.3, -0.25) is 4.98 Å². The third-order valence-corrected chi connectivity index (χ3v) is 5.36. The lowest BCUT2D eigenvalue weighted by Crippen LogP contribution is -2.21. The largest absolute Gasteiger partial charge is 0.398 e. The Hall–Kier alpha value is -1.66. The van der Waals surface area contributed by atoms with Gasteiger partial charge in [0.25, 0.3) is 0 Å². The van der Waals surface area contributed by atoms with Crippen LogP contribution in [0, 0.1) is 0 Å². The highest BCUT2D eigenvalue weighted by Gasteiger charge is 2.24. The number of nitrogen functional groups attached to an aromatic ring is 1. The quantitative estimate of drug-likeness (QED) is 0.873. The smallest absolute Gasteiger partial charge is 0.157 e. The number of ether oxygens (including phenoxy) is 1. The minimum Gasteiger partial charge on any atom is -0.398 e. The molecule has 1 saturated heterocycles. The van der Waals surface area contributed by atoms with Crippen molar-refractivity contribution in [3.63, 3.8) is 0 Å². The van der Waals surface area contributed by atoms with Crippen LogP contribution in [0.2, 0.25) is 0 Å². The molecule has 5 nitrogen and oxygen atoms in total. The Morgan fingerprint density at radius 3 is 2.95 bits per heavy atom. The van der Waals surface area contributed by atoms with Crippen molar-refractivity contribution in [3.8, 4) is 0 Å². The summed E-state index contributed by atoms with van der Waals surface area (Å²) >= 11 is 0. The number of rotatable bonds is 4. The van der Waals surface area contributed by atoms with Crippen LogP contribution in [0.1, 0.15) is 18.4 Å². The molecule has 1 aliphatic rings. The molecule has 0 bridgehead atoms. The zero-order valence-electron chi connectivity index (χ0n) is 11.7. The Bertz CT molecular complexity index is 753. The van der Waals surface area contributed by atoms with E-state index in [9.17, 15) is 8.42 Å². The molecule has 6 heteroatoms. The van der Waals surface area contributed by atoms with Gasteiger partial charge in [-0.2, -0.15) is 0 Å². The summed E-state index contributed by atoms with van der Waals surface area (Å²) in [6, 6.07) is 7.13. The number of hydrogen-bond acceptors (Lipinski definition) is 5. The Labute approximate surface area is 124 Å². The van der Waals surface area contributed by atoms with E-state index in [-0.39, 0.29) is 17.6 Å². The van der Waals surface area contributed by atoms with Gasteiger partial charge in [-0.05, 0) is 36.6 Å². The summed E-state index contributed by atoms with van der Waals surface area (Å²) < 4.78 is 30.1. The fourth-order valence-electron chi connectivity index (χ4n) is 2.72. The maximum atomic E-state index is 12.3.